The van der Waals surface area contributed by atoms with E-state index in [4.69, 9.17) is 28.3 Å². The number of halogens is 2. The van der Waals surface area contributed by atoms with E-state index in [2.05, 4.69) is 0 Å². The molecule has 0 amide bonds. The smallest absolute Gasteiger partial charge is 0.370 e. The van der Waals surface area contributed by atoms with Gasteiger partial charge >= 0.3 is 10.4 Å². The van der Waals surface area contributed by atoms with Crippen LogP contribution >= 0.6 is 23.2 Å². The molecule has 0 saturated carbocycles. The summed E-state index contributed by atoms with van der Waals surface area (Å²) in [5.74, 6) is -1.03. The fourth-order valence-electron chi connectivity index (χ4n) is 0.544. The zero-order chi connectivity index (χ0) is 9.78. The molecule has 70 valence electrons. The predicted molar refractivity (Wildman–Crippen MR) is 42.9 cm³/mol. The first-order chi connectivity index (χ1) is 5.36. The monoisotopic (exact) mass is 215 g/mol. The second-order valence-corrected chi connectivity index (χ2v) is 3.61. The number of alkyl halides is 2. The number of nitrogens with zero attached hydrogens (tertiary/aromatic N) is 1. The highest BCUT2D eigenvalue weighted by Crippen LogP contribution is 2.27. The molecular weight excluding hydrogens is 209 g/mol. The summed E-state index contributed by atoms with van der Waals surface area (Å²) in [6, 6.07) is 0. The van der Waals surface area contributed by atoms with Crippen molar-refractivity contribution in [3.8, 4) is 0 Å². The highest BCUT2D eigenvalue weighted by molar-refractivity contribution is 6.46. The summed E-state index contributed by atoms with van der Waals surface area (Å²) in [7, 11) is 0. The van der Waals surface area contributed by atoms with Crippen molar-refractivity contribution in [2.45, 2.75) is 23.7 Å². The summed E-state index contributed by atoms with van der Waals surface area (Å²) >= 11 is 10.5. The zero-order valence-corrected chi connectivity index (χ0v) is 7.51. The molecule has 0 aromatic carbocycles. The first kappa shape index (κ1) is 11.4. The van der Waals surface area contributed by atoms with Crippen LogP contribution in [0.4, 0.5) is 0 Å². The molecule has 0 aliphatic carbocycles. The van der Waals surface area contributed by atoms with Gasteiger partial charge in [0.1, 0.15) is 0 Å². The summed E-state index contributed by atoms with van der Waals surface area (Å²) in [4.78, 5) is 19.2. The van der Waals surface area contributed by atoms with Crippen LogP contribution in [0.25, 0.3) is 0 Å². The van der Waals surface area contributed by atoms with Gasteiger partial charge in [-0.05, 0) is 29.6 Å². The van der Waals surface area contributed by atoms with Crippen LogP contribution in [0.2, 0.25) is 0 Å². The minimum absolute atomic E-state index is 0.0866. The lowest BCUT2D eigenvalue weighted by atomic mass is 10.2. The molecule has 7 heteroatoms. The van der Waals surface area contributed by atoms with Crippen molar-refractivity contribution < 1.29 is 14.8 Å². The van der Waals surface area contributed by atoms with Crippen LogP contribution < -0.4 is 0 Å². The van der Waals surface area contributed by atoms with Gasteiger partial charge in [-0.1, -0.05) is 0 Å². The average molecular weight is 216 g/mol. The number of carboxylic acids is 1. The van der Waals surface area contributed by atoms with Gasteiger partial charge in [0.25, 0.3) is 0 Å². The molecule has 0 saturated heterocycles. The van der Waals surface area contributed by atoms with Crippen LogP contribution in [-0.2, 0) is 4.79 Å². The Labute approximate surface area is 78.4 Å². The molecule has 0 fully saturated rings. The maximum Gasteiger partial charge on any atom is 0.370 e. The van der Waals surface area contributed by atoms with E-state index in [1.807, 2.05) is 0 Å². The third-order valence-corrected chi connectivity index (χ3v) is 1.79. The van der Waals surface area contributed by atoms with E-state index in [0.29, 0.717) is 0 Å². The van der Waals surface area contributed by atoms with Crippen LogP contribution in [0.5, 0.6) is 0 Å². The molecule has 5 nitrogen and oxygen atoms in total. The van der Waals surface area contributed by atoms with Crippen molar-refractivity contribution in [1.29, 1.82) is 0 Å². The maximum absolute atomic E-state index is 10.1. The van der Waals surface area contributed by atoms with Crippen LogP contribution in [0.3, 0.4) is 0 Å². The zero-order valence-electron chi connectivity index (χ0n) is 6.00. The van der Waals surface area contributed by atoms with Gasteiger partial charge in [0.05, 0.1) is 4.92 Å². The average Bonchev–Trinajstić information content (AvgIpc) is 1.85. The first-order valence-electron chi connectivity index (χ1n) is 3.10. The largest absolute Gasteiger partial charge is 0.481 e. The number of carbonyl (C=O) groups is 1. The number of carboxylic acid groups (broad SMARTS) is 1. The van der Waals surface area contributed by atoms with Crippen LogP contribution in [0.15, 0.2) is 0 Å². The van der Waals surface area contributed by atoms with Crippen molar-refractivity contribution in [2.75, 3.05) is 0 Å². The molecule has 0 aliphatic rings. The molecule has 0 aromatic rings. The Morgan fingerprint density at radius 2 is 2.08 bits per heavy atom. The second-order valence-electron chi connectivity index (χ2n) is 2.17. The van der Waals surface area contributed by atoms with E-state index in [9.17, 15) is 14.9 Å². The van der Waals surface area contributed by atoms with Gasteiger partial charge in [-0.2, -0.15) is 0 Å². The van der Waals surface area contributed by atoms with E-state index >= 15 is 0 Å². The van der Waals surface area contributed by atoms with E-state index in [-0.39, 0.29) is 19.3 Å². The molecule has 0 atom stereocenters. The lowest BCUT2D eigenvalue weighted by Crippen LogP contribution is -2.24. The number of nitro groups is 1. The molecule has 0 aliphatic heterocycles. The molecule has 1 N–H and O–H groups in total. The van der Waals surface area contributed by atoms with Gasteiger partial charge < -0.3 is 5.11 Å². The summed E-state index contributed by atoms with van der Waals surface area (Å²) in [6.07, 6.45) is -0.256. The molecule has 0 heterocycles. The highest BCUT2D eigenvalue weighted by atomic mass is 35.5. The summed E-state index contributed by atoms with van der Waals surface area (Å²) in [5, 5.41) is 18.3. The molecule has 0 unspecified atom stereocenters. The van der Waals surface area contributed by atoms with Crippen molar-refractivity contribution >= 4 is 29.2 Å². The Balaban J connectivity index is 3.76. The van der Waals surface area contributed by atoms with Gasteiger partial charge in [0.15, 0.2) is 0 Å². The molecule has 0 aromatic heterocycles. The molecule has 0 radical (unpaired) electrons. The summed E-state index contributed by atoms with van der Waals surface area (Å²) < 4.78 is -2.06. The van der Waals surface area contributed by atoms with Gasteiger partial charge in [-0.3, -0.25) is 14.9 Å². The number of rotatable bonds is 5. The molecular formula is C5H7Cl2NO4. The number of hydrogen-bond donors (Lipinski definition) is 1. The minimum atomic E-state index is -2.06. The van der Waals surface area contributed by atoms with E-state index in [1.165, 1.54) is 0 Å². The maximum atomic E-state index is 10.1. The Morgan fingerprint density at radius 1 is 1.58 bits per heavy atom. The van der Waals surface area contributed by atoms with Crippen LogP contribution in [-0.4, -0.2) is 20.5 Å². The topological polar surface area (TPSA) is 80.4 Å². The van der Waals surface area contributed by atoms with Crippen LogP contribution in [0, 0.1) is 10.1 Å². The highest BCUT2D eigenvalue weighted by Gasteiger charge is 2.36. The van der Waals surface area contributed by atoms with E-state index < -0.39 is 15.3 Å². The van der Waals surface area contributed by atoms with Gasteiger partial charge in [0.2, 0.25) is 0 Å². The Kier molecular flexibility index (Phi) is 4.26. The van der Waals surface area contributed by atoms with Crippen molar-refractivity contribution in [1.82, 2.24) is 0 Å². The van der Waals surface area contributed by atoms with E-state index in [1.54, 1.807) is 0 Å². The molecule has 12 heavy (non-hydrogen) atoms. The van der Waals surface area contributed by atoms with Crippen LogP contribution in [0.1, 0.15) is 19.3 Å². The van der Waals surface area contributed by atoms with Gasteiger partial charge in [0, 0.05) is 12.8 Å². The first-order valence-corrected chi connectivity index (χ1v) is 3.86. The Hall–Kier alpha value is -0.550. The lowest BCUT2D eigenvalue weighted by molar-refractivity contribution is -0.516. The predicted octanol–water partition coefficient (Wildman–Crippen LogP) is 1.65. The summed E-state index contributed by atoms with van der Waals surface area (Å²) in [6.45, 7) is 0. The fourth-order valence-corrected chi connectivity index (χ4v) is 0.811. The third-order valence-electron chi connectivity index (χ3n) is 1.14. The Bertz CT molecular complexity index is 194. The molecule has 0 spiro atoms. The molecule has 0 bridgehead atoms. The standard InChI is InChI=1S/C5H7Cl2NO4/c6-5(7,8(11)12)3-1-2-4(9)10/h1-3H2,(H,9,10). The number of aliphatic carboxylic acids is 1. The lowest BCUT2D eigenvalue weighted by Gasteiger charge is -2.08. The molecule has 0 rings (SSSR count). The number of hydrogen-bond acceptors (Lipinski definition) is 3. The second kappa shape index (κ2) is 4.47. The minimum Gasteiger partial charge on any atom is -0.481 e. The third kappa shape index (κ3) is 4.35. The normalized spacial score (nSPS) is 11.2. The van der Waals surface area contributed by atoms with Crippen molar-refractivity contribution in [3.63, 3.8) is 0 Å². The van der Waals surface area contributed by atoms with E-state index in [0.717, 1.165) is 0 Å². The SMILES string of the molecule is O=C(O)CCCC(Cl)(Cl)[N+](=O)[O-]. The van der Waals surface area contributed by atoms with Crippen molar-refractivity contribution in [3.05, 3.63) is 10.1 Å². The quantitative estimate of drug-likeness (QED) is 0.328. The van der Waals surface area contributed by atoms with Gasteiger partial charge in [-0.15, -0.1) is 0 Å². The van der Waals surface area contributed by atoms with Crippen molar-refractivity contribution in [2.24, 2.45) is 0 Å². The fraction of sp³-hybridized carbons (Fsp3) is 0.800. The van der Waals surface area contributed by atoms with Gasteiger partial charge in [-0.25, -0.2) is 0 Å². The summed E-state index contributed by atoms with van der Waals surface area (Å²) in [5.41, 5.74) is 0. The Morgan fingerprint density at radius 3 is 2.42 bits per heavy atom.